The zero-order valence-corrected chi connectivity index (χ0v) is 16.0. The van der Waals surface area contributed by atoms with Gasteiger partial charge in [0.25, 0.3) is 5.91 Å². The van der Waals surface area contributed by atoms with Crippen molar-refractivity contribution in [2.45, 2.75) is 19.4 Å². The van der Waals surface area contributed by atoms with Crippen molar-refractivity contribution in [3.63, 3.8) is 0 Å². The Hall–Kier alpha value is -3.06. The van der Waals surface area contributed by atoms with Crippen LogP contribution < -0.4 is 10.2 Å². The van der Waals surface area contributed by atoms with Gasteiger partial charge in [0, 0.05) is 35.8 Å². The number of benzene rings is 1. The van der Waals surface area contributed by atoms with Gasteiger partial charge in [-0.15, -0.1) is 0 Å². The fraction of sp³-hybridized carbons (Fsp3) is 0.190. The maximum absolute atomic E-state index is 13.3. The number of nitrogens with one attached hydrogen (secondary N) is 1. The van der Waals surface area contributed by atoms with Crippen LogP contribution in [0.25, 0.3) is 0 Å². The molecule has 3 aromatic rings. The number of carbonyl (C=O) groups excluding carboxylic acids is 2. The first-order chi connectivity index (χ1) is 13.6. The van der Waals surface area contributed by atoms with Crippen molar-refractivity contribution in [3.8, 4) is 0 Å². The van der Waals surface area contributed by atoms with Gasteiger partial charge in [-0.1, -0.05) is 6.07 Å². The van der Waals surface area contributed by atoms with Crippen molar-refractivity contribution < 1.29 is 14.0 Å². The first-order valence-electron chi connectivity index (χ1n) is 8.90. The summed E-state index contributed by atoms with van der Waals surface area (Å²) in [6, 6.07) is 13.1. The van der Waals surface area contributed by atoms with Gasteiger partial charge >= 0.3 is 0 Å². The summed E-state index contributed by atoms with van der Waals surface area (Å²) in [5.41, 5.74) is 1.98. The molecule has 2 amide bonds. The zero-order valence-electron chi connectivity index (χ0n) is 15.2. The SMILES string of the molecule is O=C(NCCCC(=O)N(Cc1ccccn1)c1ccc(F)cc1)c1ccsc1. The van der Waals surface area contributed by atoms with Crippen molar-refractivity contribution in [2.24, 2.45) is 0 Å². The number of pyridine rings is 1. The van der Waals surface area contributed by atoms with E-state index >= 15 is 0 Å². The van der Waals surface area contributed by atoms with Crippen molar-refractivity contribution in [3.05, 3.63) is 82.6 Å². The Morgan fingerprint density at radius 1 is 1.11 bits per heavy atom. The van der Waals surface area contributed by atoms with E-state index in [1.54, 1.807) is 34.7 Å². The van der Waals surface area contributed by atoms with Gasteiger partial charge in [-0.2, -0.15) is 11.3 Å². The van der Waals surface area contributed by atoms with Crippen LogP contribution in [0.5, 0.6) is 0 Å². The van der Waals surface area contributed by atoms with E-state index in [9.17, 15) is 14.0 Å². The molecule has 28 heavy (non-hydrogen) atoms. The second-order valence-electron chi connectivity index (χ2n) is 6.15. The van der Waals surface area contributed by atoms with E-state index in [1.165, 1.54) is 23.5 Å². The average Bonchev–Trinajstić information content (AvgIpc) is 3.26. The largest absolute Gasteiger partial charge is 0.352 e. The summed E-state index contributed by atoms with van der Waals surface area (Å²) in [4.78, 5) is 30.6. The Labute approximate surface area is 166 Å². The summed E-state index contributed by atoms with van der Waals surface area (Å²) >= 11 is 1.46. The number of rotatable bonds is 8. The predicted octanol–water partition coefficient (Wildman–Crippen LogP) is 4.03. The highest BCUT2D eigenvalue weighted by Crippen LogP contribution is 2.19. The molecule has 0 fully saturated rings. The van der Waals surface area contributed by atoms with Crippen LogP contribution in [0.1, 0.15) is 28.9 Å². The quantitative estimate of drug-likeness (QED) is 0.584. The molecule has 2 aromatic heterocycles. The number of carbonyl (C=O) groups is 2. The molecule has 0 aliphatic heterocycles. The van der Waals surface area contributed by atoms with E-state index in [0.717, 1.165) is 5.69 Å². The van der Waals surface area contributed by atoms with Gasteiger partial charge in [-0.25, -0.2) is 4.39 Å². The lowest BCUT2D eigenvalue weighted by Gasteiger charge is -2.22. The molecule has 0 saturated carbocycles. The molecular formula is C21H20FN3O2S. The molecule has 0 aliphatic rings. The van der Waals surface area contributed by atoms with Gasteiger partial charge in [-0.3, -0.25) is 14.6 Å². The lowest BCUT2D eigenvalue weighted by Crippen LogP contribution is -2.32. The number of hydrogen-bond acceptors (Lipinski definition) is 4. The first-order valence-corrected chi connectivity index (χ1v) is 9.84. The highest BCUT2D eigenvalue weighted by molar-refractivity contribution is 7.08. The number of anilines is 1. The topological polar surface area (TPSA) is 62.3 Å². The van der Waals surface area contributed by atoms with Crippen LogP contribution >= 0.6 is 11.3 Å². The maximum Gasteiger partial charge on any atom is 0.252 e. The monoisotopic (exact) mass is 397 g/mol. The molecule has 3 rings (SSSR count). The standard InChI is InChI=1S/C21H20FN3O2S/c22-17-6-8-19(9-7-17)25(14-18-4-1-2-11-23-18)20(26)5-3-12-24-21(27)16-10-13-28-15-16/h1-2,4,6-11,13,15H,3,5,12,14H2,(H,24,27). The molecule has 5 nitrogen and oxygen atoms in total. The molecule has 0 aliphatic carbocycles. The highest BCUT2D eigenvalue weighted by atomic mass is 32.1. The number of halogens is 1. The molecule has 0 radical (unpaired) electrons. The fourth-order valence-corrected chi connectivity index (χ4v) is 3.31. The van der Waals surface area contributed by atoms with Crippen LogP contribution in [-0.4, -0.2) is 23.3 Å². The van der Waals surface area contributed by atoms with Gasteiger partial charge in [0.2, 0.25) is 5.91 Å². The van der Waals surface area contributed by atoms with Crippen molar-refractivity contribution in [1.82, 2.24) is 10.3 Å². The van der Waals surface area contributed by atoms with E-state index in [-0.39, 0.29) is 24.1 Å². The molecule has 2 heterocycles. The zero-order chi connectivity index (χ0) is 19.8. The number of nitrogens with zero attached hydrogens (tertiary/aromatic N) is 2. The molecule has 1 N–H and O–H groups in total. The summed E-state index contributed by atoms with van der Waals surface area (Å²) in [6.45, 7) is 0.702. The minimum Gasteiger partial charge on any atom is -0.352 e. The third-order valence-electron chi connectivity index (χ3n) is 4.12. The first kappa shape index (κ1) is 19.7. The van der Waals surface area contributed by atoms with Gasteiger partial charge in [0.05, 0.1) is 12.2 Å². The van der Waals surface area contributed by atoms with E-state index in [1.807, 2.05) is 23.6 Å². The summed E-state index contributed by atoms with van der Waals surface area (Å²) < 4.78 is 13.3. The second-order valence-corrected chi connectivity index (χ2v) is 6.93. The van der Waals surface area contributed by atoms with E-state index in [4.69, 9.17) is 0 Å². The van der Waals surface area contributed by atoms with E-state index < -0.39 is 0 Å². The van der Waals surface area contributed by atoms with Gasteiger partial charge in [0.1, 0.15) is 5.82 Å². The molecule has 144 valence electrons. The van der Waals surface area contributed by atoms with Crippen LogP contribution in [0, 0.1) is 5.82 Å². The van der Waals surface area contributed by atoms with Crippen LogP contribution in [0.3, 0.4) is 0 Å². The average molecular weight is 397 g/mol. The van der Waals surface area contributed by atoms with Crippen molar-refractivity contribution in [1.29, 1.82) is 0 Å². The predicted molar refractivity (Wildman–Crippen MR) is 108 cm³/mol. The molecule has 0 unspecified atom stereocenters. The van der Waals surface area contributed by atoms with Crippen molar-refractivity contribution in [2.75, 3.05) is 11.4 Å². The van der Waals surface area contributed by atoms with Crippen LogP contribution in [0.4, 0.5) is 10.1 Å². The van der Waals surface area contributed by atoms with Crippen LogP contribution in [0.2, 0.25) is 0 Å². The van der Waals surface area contributed by atoms with Gasteiger partial charge < -0.3 is 10.2 Å². The maximum atomic E-state index is 13.3. The smallest absolute Gasteiger partial charge is 0.252 e. The van der Waals surface area contributed by atoms with Crippen molar-refractivity contribution >= 4 is 28.8 Å². The Bertz CT molecular complexity index is 899. The third kappa shape index (κ3) is 5.47. The van der Waals surface area contributed by atoms with Crippen LogP contribution in [-0.2, 0) is 11.3 Å². The number of hydrogen-bond donors (Lipinski definition) is 1. The lowest BCUT2D eigenvalue weighted by molar-refractivity contribution is -0.118. The molecule has 7 heteroatoms. The van der Waals surface area contributed by atoms with E-state index in [0.29, 0.717) is 30.8 Å². The molecule has 1 aromatic carbocycles. The Morgan fingerprint density at radius 3 is 2.61 bits per heavy atom. The van der Waals surface area contributed by atoms with Gasteiger partial charge in [-0.05, 0) is 54.3 Å². The normalized spacial score (nSPS) is 10.5. The van der Waals surface area contributed by atoms with Crippen LogP contribution in [0.15, 0.2) is 65.5 Å². The second kappa shape index (κ2) is 9.75. The fourth-order valence-electron chi connectivity index (χ4n) is 2.67. The number of aromatic nitrogens is 1. The number of thiophene rings is 1. The molecule has 0 atom stereocenters. The summed E-state index contributed by atoms with van der Waals surface area (Å²) in [5.74, 6) is -0.607. The van der Waals surface area contributed by atoms with E-state index in [2.05, 4.69) is 10.3 Å². The summed E-state index contributed by atoms with van der Waals surface area (Å²) in [6.07, 6.45) is 2.44. The highest BCUT2D eigenvalue weighted by Gasteiger charge is 2.17. The molecular weight excluding hydrogens is 377 g/mol. The minimum absolute atomic E-state index is 0.109. The number of amides is 2. The molecule has 0 bridgehead atoms. The molecule has 0 saturated heterocycles. The minimum atomic E-state index is -0.356. The summed E-state index contributed by atoms with van der Waals surface area (Å²) in [5, 5.41) is 6.44. The Kier molecular flexibility index (Phi) is 6.86. The lowest BCUT2D eigenvalue weighted by atomic mass is 10.2. The third-order valence-corrected chi connectivity index (χ3v) is 4.81. The summed E-state index contributed by atoms with van der Waals surface area (Å²) in [7, 11) is 0. The van der Waals surface area contributed by atoms with Gasteiger partial charge in [0.15, 0.2) is 0 Å². The Balaban J connectivity index is 1.59. The molecule has 0 spiro atoms. The Morgan fingerprint density at radius 2 is 1.93 bits per heavy atom.